The maximum Gasteiger partial charge on any atom is 0.237 e. The molecule has 2 unspecified atom stereocenters. The van der Waals surface area contributed by atoms with Crippen LogP contribution in [0.1, 0.15) is 40.0 Å². The number of piperidine rings is 1. The summed E-state index contributed by atoms with van der Waals surface area (Å²) < 4.78 is 0. The lowest BCUT2D eigenvalue weighted by atomic mass is 9.89. The number of aliphatic hydroxyl groups excluding tert-OH is 1. The Morgan fingerprint density at radius 2 is 2.25 bits per heavy atom. The molecule has 1 amide bonds. The molecule has 16 heavy (non-hydrogen) atoms. The summed E-state index contributed by atoms with van der Waals surface area (Å²) in [4.78, 5) is 11.9. The lowest BCUT2D eigenvalue weighted by molar-refractivity contribution is -0.126. The Balaban J connectivity index is 2.47. The van der Waals surface area contributed by atoms with Gasteiger partial charge < -0.3 is 15.7 Å². The van der Waals surface area contributed by atoms with Gasteiger partial charge in [0.05, 0.1) is 18.2 Å². The second kappa shape index (κ2) is 5.64. The van der Waals surface area contributed by atoms with Crippen molar-refractivity contribution >= 4 is 5.91 Å². The first-order chi connectivity index (χ1) is 7.48. The van der Waals surface area contributed by atoms with Crippen LogP contribution < -0.4 is 10.6 Å². The molecule has 0 aromatic rings. The molecule has 1 heterocycles. The second-order valence-corrected chi connectivity index (χ2v) is 5.34. The summed E-state index contributed by atoms with van der Waals surface area (Å²) >= 11 is 0. The third kappa shape index (κ3) is 3.76. The molecule has 0 aromatic carbocycles. The Labute approximate surface area is 97.8 Å². The van der Waals surface area contributed by atoms with Crippen molar-refractivity contribution < 1.29 is 9.90 Å². The normalized spacial score (nSPS) is 26.5. The largest absolute Gasteiger partial charge is 0.394 e. The van der Waals surface area contributed by atoms with Crippen LogP contribution in [0.4, 0.5) is 0 Å². The molecular formula is C12H24N2O2. The zero-order valence-electron chi connectivity index (χ0n) is 10.5. The molecule has 0 aromatic heterocycles. The van der Waals surface area contributed by atoms with E-state index in [4.69, 9.17) is 5.11 Å². The Bertz CT molecular complexity index is 241. The van der Waals surface area contributed by atoms with Gasteiger partial charge in [-0.3, -0.25) is 4.79 Å². The molecule has 1 rings (SSSR count). The minimum absolute atomic E-state index is 0.0113. The number of nitrogens with one attached hydrogen (secondary N) is 2. The third-order valence-corrected chi connectivity index (χ3v) is 3.26. The van der Waals surface area contributed by atoms with Crippen LogP contribution >= 0.6 is 0 Å². The van der Waals surface area contributed by atoms with E-state index in [1.54, 1.807) is 0 Å². The molecule has 1 aliphatic rings. The van der Waals surface area contributed by atoms with Crippen LogP contribution in [0.25, 0.3) is 0 Å². The number of carbonyl (C=O) groups excluding carboxylic acids is 1. The average molecular weight is 228 g/mol. The van der Waals surface area contributed by atoms with Gasteiger partial charge in [0.2, 0.25) is 5.91 Å². The molecule has 0 bridgehead atoms. The number of hydrogen-bond acceptors (Lipinski definition) is 3. The molecule has 1 saturated heterocycles. The number of amides is 1. The molecule has 1 aliphatic heterocycles. The molecule has 0 radical (unpaired) electrons. The molecule has 1 fully saturated rings. The number of aliphatic hydroxyl groups is 1. The maximum atomic E-state index is 11.9. The molecule has 0 aliphatic carbocycles. The van der Waals surface area contributed by atoms with E-state index in [1.807, 2.05) is 13.8 Å². The van der Waals surface area contributed by atoms with Crippen molar-refractivity contribution in [3.05, 3.63) is 0 Å². The van der Waals surface area contributed by atoms with Crippen molar-refractivity contribution in [3.8, 4) is 0 Å². The fourth-order valence-corrected chi connectivity index (χ4v) is 2.03. The molecule has 0 saturated carbocycles. The lowest BCUT2D eigenvalue weighted by Crippen LogP contribution is -2.55. The predicted molar refractivity (Wildman–Crippen MR) is 64.1 cm³/mol. The van der Waals surface area contributed by atoms with Crippen molar-refractivity contribution in [1.29, 1.82) is 0 Å². The van der Waals surface area contributed by atoms with Crippen LogP contribution in [0, 0.1) is 5.92 Å². The Morgan fingerprint density at radius 1 is 1.56 bits per heavy atom. The van der Waals surface area contributed by atoms with Gasteiger partial charge >= 0.3 is 0 Å². The first-order valence-corrected chi connectivity index (χ1v) is 6.14. The highest BCUT2D eigenvalue weighted by Gasteiger charge is 2.29. The topological polar surface area (TPSA) is 61.4 Å². The molecule has 2 atom stereocenters. The van der Waals surface area contributed by atoms with Crippen molar-refractivity contribution in [3.63, 3.8) is 0 Å². The number of hydrogen-bond donors (Lipinski definition) is 3. The quantitative estimate of drug-likeness (QED) is 0.662. The van der Waals surface area contributed by atoms with Crippen LogP contribution in [0.5, 0.6) is 0 Å². The van der Waals surface area contributed by atoms with E-state index in [0.29, 0.717) is 5.92 Å². The smallest absolute Gasteiger partial charge is 0.237 e. The van der Waals surface area contributed by atoms with Crippen LogP contribution in [-0.4, -0.2) is 35.7 Å². The minimum Gasteiger partial charge on any atom is -0.394 e. The van der Waals surface area contributed by atoms with Gasteiger partial charge in [0, 0.05) is 0 Å². The Morgan fingerprint density at radius 3 is 2.81 bits per heavy atom. The number of carbonyl (C=O) groups is 1. The first-order valence-electron chi connectivity index (χ1n) is 6.14. The zero-order chi connectivity index (χ0) is 12.2. The summed E-state index contributed by atoms with van der Waals surface area (Å²) in [7, 11) is 0. The van der Waals surface area contributed by atoms with Crippen molar-refractivity contribution in [2.75, 3.05) is 13.2 Å². The SMILES string of the molecule is CCC1CCNC(C(=O)NC(C)(C)CO)C1. The van der Waals surface area contributed by atoms with E-state index in [9.17, 15) is 4.79 Å². The summed E-state index contributed by atoms with van der Waals surface area (Å²) in [6.07, 6.45) is 3.20. The van der Waals surface area contributed by atoms with E-state index in [1.165, 1.54) is 0 Å². The third-order valence-electron chi connectivity index (χ3n) is 3.26. The highest BCUT2D eigenvalue weighted by atomic mass is 16.3. The minimum atomic E-state index is -0.530. The van der Waals surface area contributed by atoms with Crippen LogP contribution in [0.15, 0.2) is 0 Å². The van der Waals surface area contributed by atoms with Gasteiger partial charge in [0.1, 0.15) is 0 Å². The molecule has 3 N–H and O–H groups in total. The van der Waals surface area contributed by atoms with Crippen molar-refractivity contribution in [1.82, 2.24) is 10.6 Å². The van der Waals surface area contributed by atoms with Gasteiger partial charge in [0.25, 0.3) is 0 Å². The van der Waals surface area contributed by atoms with Crippen LogP contribution in [0.2, 0.25) is 0 Å². The van der Waals surface area contributed by atoms with E-state index in [0.717, 1.165) is 25.8 Å². The predicted octanol–water partition coefficient (Wildman–Crippen LogP) is 0.652. The molecule has 94 valence electrons. The van der Waals surface area contributed by atoms with Gasteiger partial charge in [-0.15, -0.1) is 0 Å². The van der Waals surface area contributed by atoms with E-state index in [2.05, 4.69) is 17.6 Å². The summed E-state index contributed by atoms with van der Waals surface area (Å²) in [5.74, 6) is 0.659. The summed E-state index contributed by atoms with van der Waals surface area (Å²) in [5.41, 5.74) is -0.530. The Kier molecular flexibility index (Phi) is 4.74. The molecule has 0 spiro atoms. The van der Waals surface area contributed by atoms with E-state index in [-0.39, 0.29) is 18.6 Å². The standard InChI is InChI=1S/C12H24N2O2/c1-4-9-5-6-13-10(7-9)11(16)14-12(2,3)8-15/h9-10,13,15H,4-8H2,1-3H3,(H,14,16). The summed E-state index contributed by atoms with van der Waals surface area (Å²) in [6.45, 7) is 6.69. The van der Waals surface area contributed by atoms with E-state index >= 15 is 0 Å². The molecular weight excluding hydrogens is 204 g/mol. The van der Waals surface area contributed by atoms with E-state index < -0.39 is 5.54 Å². The molecule has 4 heteroatoms. The lowest BCUT2D eigenvalue weighted by Gasteiger charge is -2.32. The summed E-state index contributed by atoms with van der Waals surface area (Å²) in [5, 5.41) is 15.2. The van der Waals surface area contributed by atoms with Crippen LogP contribution in [0.3, 0.4) is 0 Å². The summed E-state index contributed by atoms with van der Waals surface area (Å²) in [6, 6.07) is -0.0930. The monoisotopic (exact) mass is 228 g/mol. The fourth-order valence-electron chi connectivity index (χ4n) is 2.03. The van der Waals surface area contributed by atoms with Gasteiger partial charge in [-0.1, -0.05) is 13.3 Å². The van der Waals surface area contributed by atoms with Gasteiger partial charge in [0.15, 0.2) is 0 Å². The van der Waals surface area contributed by atoms with Crippen molar-refractivity contribution in [2.24, 2.45) is 5.92 Å². The zero-order valence-corrected chi connectivity index (χ0v) is 10.5. The average Bonchev–Trinajstić information content (AvgIpc) is 2.28. The van der Waals surface area contributed by atoms with Gasteiger partial charge in [-0.25, -0.2) is 0 Å². The highest BCUT2D eigenvalue weighted by molar-refractivity contribution is 5.82. The van der Waals surface area contributed by atoms with Crippen molar-refractivity contribution in [2.45, 2.75) is 51.6 Å². The fraction of sp³-hybridized carbons (Fsp3) is 0.917. The van der Waals surface area contributed by atoms with Gasteiger partial charge in [-0.05, 0) is 39.2 Å². The first kappa shape index (κ1) is 13.5. The Hall–Kier alpha value is -0.610. The molecule has 4 nitrogen and oxygen atoms in total. The maximum absolute atomic E-state index is 11.9. The number of rotatable bonds is 4. The van der Waals surface area contributed by atoms with Gasteiger partial charge in [-0.2, -0.15) is 0 Å². The second-order valence-electron chi connectivity index (χ2n) is 5.34. The highest BCUT2D eigenvalue weighted by Crippen LogP contribution is 2.19. The van der Waals surface area contributed by atoms with Crippen LogP contribution in [-0.2, 0) is 4.79 Å².